The van der Waals surface area contributed by atoms with Gasteiger partial charge in [-0.15, -0.1) is 0 Å². The molecule has 0 fully saturated rings. The van der Waals surface area contributed by atoms with Gasteiger partial charge in [-0.3, -0.25) is 4.79 Å². The first-order valence-electron chi connectivity index (χ1n) is 8.04. The standard InChI is InChI=1S/C16H28N4O/c1-4-6-7-8-9-13(3)20-16(21)14-11-19-15(12-18-14)17-10-5-2/h11-13H,4-10H2,1-3H3,(H,17,19)(H,20,21). The van der Waals surface area contributed by atoms with Crippen LogP contribution in [0.3, 0.4) is 0 Å². The first kappa shape index (κ1) is 17.4. The fourth-order valence-electron chi connectivity index (χ4n) is 2.04. The van der Waals surface area contributed by atoms with Gasteiger partial charge in [-0.05, 0) is 19.8 Å². The van der Waals surface area contributed by atoms with E-state index < -0.39 is 0 Å². The first-order chi connectivity index (χ1) is 10.2. The molecular formula is C16H28N4O. The molecule has 1 unspecified atom stereocenters. The Hall–Kier alpha value is -1.65. The summed E-state index contributed by atoms with van der Waals surface area (Å²) < 4.78 is 0. The first-order valence-corrected chi connectivity index (χ1v) is 8.04. The van der Waals surface area contributed by atoms with Gasteiger partial charge in [0, 0.05) is 12.6 Å². The smallest absolute Gasteiger partial charge is 0.271 e. The molecule has 0 aliphatic heterocycles. The molecule has 118 valence electrons. The van der Waals surface area contributed by atoms with Gasteiger partial charge >= 0.3 is 0 Å². The van der Waals surface area contributed by atoms with Crippen molar-refractivity contribution in [2.75, 3.05) is 11.9 Å². The molecule has 1 aromatic heterocycles. The van der Waals surface area contributed by atoms with Crippen LogP contribution >= 0.6 is 0 Å². The highest BCUT2D eigenvalue weighted by molar-refractivity contribution is 5.92. The second-order valence-electron chi connectivity index (χ2n) is 5.44. The number of hydrogen-bond donors (Lipinski definition) is 2. The Kier molecular flexibility index (Phi) is 8.40. The number of amides is 1. The van der Waals surface area contributed by atoms with E-state index in [1.54, 1.807) is 6.20 Å². The number of nitrogens with one attached hydrogen (secondary N) is 2. The van der Waals surface area contributed by atoms with Crippen LogP contribution in [0.5, 0.6) is 0 Å². The number of unbranched alkanes of at least 4 members (excludes halogenated alkanes) is 3. The van der Waals surface area contributed by atoms with Crippen molar-refractivity contribution < 1.29 is 4.79 Å². The fraction of sp³-hybridized carbons (Fsp3) is 0.688. The van der Waals surface area contributed by atoms with Crippen LogP contribution in [-0.4, -0.2) is 28.5 Å². The molecule has 0 aromatic carbocycles. The third-order valence-corrected chi connectivity index (χ3v) is 3.31. The second kappa shape index (κ2) is 10.1. The fourth-order valence-corrected chi connectivity index (χ4v) is 2.04. The molecule has 0 bridgehead atoms. The SMILES string of the molecule is CCCCCCC(C)NC(=O)c1cnc(NCCC)cn1. The number of rotatable bonds is 10. The van der Waals surface area contributed by atoms with Crippen molar-refractivity contribution in [2.45, 2.75) is 65.3 Å². The van der Waals surface area contributed by atoms with Gasteiger partial charge < -0.3 is 10.6 Å². The topological polar surface area (TPSA) is 66.9 Å². The zero-order chi connectivity index (χ0) is 15.5. The molecular weight excluding hydrogens is 264 g/mol. The molecule has 0 saturated carbocycles. The van der Waals surface area contributed by atoms with Gasteiger partial charge in [0.15, 0.2) is 0 Å². The van der Waals surface area contributed by atoms with E-state index in [-0.39, 0.29) is 11.9 Å². The van der Waals surface area contributed by atoms with Crippen LogP contribution in [0.25, 0.3) is 0 Å². The van der Waals surface area contributed by atoms with Crippen LogP contribution in [0.1, 0.15) is 69.8 Å². The summed E-state index contributed by atoms with van der Waals surface area (Å²) in [6, 6.07) is 0.175. The van der Waals surface area contributed by atoms with E-state index >= 15 is 0 Å². The van der Waals surface area contributed by atoms with Gasteiger partial charge in [-0.1, -0.05) is 39.5 Å². The van der Waals surface area contributed by atoms with Gasteiger partial charge in [0.2, 0.25) is 0 Å². The lowest BCUT2D eigenvalue weighted by molar-refractivity contribution is 0.0932. The summed E-state index contributed by atoms with van der Waals surface area (Å²) in [6.45, 7) is 7.18. The maximum absolute atomic E-state index is 12.0. The van der Waals surface area contributed by atoms with Crippen molar-refractivity contribution in [1.82, 2.24) is 15.3 Å². The number of anilines is 1. The molecule has 5 heteroatoms. The van der Waals surface area contributed by atoms with Gasteiger partial charge in [0.1, 0.15) is 11.5 Å². The molecule has 1 aromatic rings. The average Bonchev–Trinajstić information content (AvgIpc) is 2.50. The minimum atomic E-state index is -0.146. The van der Waals surface area contributed by atoms with Gasteiger partial charge in [0.25, 0.3) is 5.91 Å². The van der Waals surface area contributed by atoms with E-state index in [4.69, 9.17) is 0 Å². The Morgan fingerprint density at radius 1 is 1.14 bits per heavy atom. The monoisotopic (exact) mass is 292 g/mol. The maximum atomic E-state index is 12.0. The van der Waals surface area contributed by atoms with Gasteiger partial charge in [0.05, 0.1) is 12.4 Å². The molecule has 21 heavy (non-hydrogen) atoms. The zero-order valence-electron chi connectivity index (χ0n) is 13.5. The van der Waals surface area contributed by atoms with E-state index in [1.807, 2.05) is 6.92 Å². The van der Waals surface area contributed by atoms with Crippen molar-refractivity contribution >= 4 is 11.7 Å². The van der Waals surface area contributed by atoms with Crippen LogP contribution in [0.15, 0.2) is 12.4 Å². The van der Waals surface area contributed by atoms with Crippen molar-refractivity contribution in [1.29, 1.82) is 0 Å². The normalized spacial score (nSPS) is 12.0. The Balaban J connectivity index is 2.36. The van der Waals surface area contributed by atoms with Crippen molar-refractivity contribution in [3.05, 3.63) is 18.1 Å². The lowest BCUT2D eigenvalue weighted by Crippen LogP contribution is -2.33. The summed E-state index contributed by atoms with van der Waals surface area (Å²) in [5.74, 6) is 0.563. The van der Waals surface area contributed by atoms with Crippen LogP contribution in [-0.2, 0) is 0 Å². The quantitative estimate of drug-likeness (QED) is 0.649. The number of hydrogen-bond acceptors (Lipinski definition) is 4. The molecule has 1 amide bonds. The summed E-state index contributed by atoms with van der Waals surface area (Å²) in [5, 5.41) is 6.11. The Morgan fingerprint density at radius 3 is 2.57 bits per heavy atom. The third-order valence-electron chi connectivity index (χ3n) is 3.31. The highest BCUT2D eigenvalue weighted by Crippen LogP contribution is 2.06. The van der Waals surface area contributed by atoms with E-state index in [0.717, 1.165) is 25.8 Å². The highest BCUT2D eigenvalue weighted by atomic mass is 16.1. The molecule has 0 aliphatic rings. The van der Waals surface area contributed by atoms with Gasteiger partial charge in [-0.25, -0.2) is 9.97 Å². The number of carbonyl (C=O) groups is 1. The summed E-state index contributed by atoms with van der Waals surface area (Å²) in [6.07, 6.45) is 10.0. The second-order valence-corrected chi connectivity index (χ2v) is 5.44. The molecule has 1 atom stereocenters. The predicted octanol–water partition coefficient (Wildman–Crippen LogP) is 3.39. The van der Waals surface area contributed by atoms with Crippen LogP contribution in [0.2, 0.25) is 0 Å². The minimum absolute atomic E-state index is 0.146. The molecule has 2 N–H and O–H groups in total. The van der Waals surface area contributed by atoms with Crippen molar-refractivity contribution in [3.8, 4) is 0 Å². The number of aromatic nitrogens is 2. The maximum Gasteiger partial charge on any atom is 0.271 e. The molecule has 1 heterocycles. The molecule has 0 saturated heterocycles. The summed E-state index contributed by atoms with van der Waals surface area (Å²) >= 11 is 0. The van der Waals surface area contributed by atoms with Crippen molar-refractivity contribution in [2.24, 2.45) is 0 Å². The molecule has 0 radical (unpaired) electrons. The van der Waals surface area contributed by atoms with E-state index in [2.05, 4.69) is 34.4 Å². The number of carbonyl (C=O) groups excluding carboxylic acids is 1. The largest absolute Gasteiger partial charge is 0.369 e. The summed E-state index contributed by atoms with van der Waals surface area (Å²) in [5.41, 5.74) is 0.373. The third kappa shape index (κ3) is 7.06. The summed E-state index contributed by atoms with van der Waals surface area (Å²) in [4.78, 5) is 20.4. The van der Waals surface area contributed by atoms with E-state index in [0.29, 0.717) is 11.5 Å². The molecule has 5 nitrogen and oxygen atoms in total. The molecule has 0 aliphatic carbocycles. The number of nitrogens with zero attached hydrogens (tertiary/aromatic N) is 2. The Bertz CT molecular complexity index is 405. The van der Waals surface area contributed by atoms with Gasteiger partial charge in [-0.2, -0.15) is 0 Å². The zero-order valence-corrected chi connectivity index (χ0v) is 13.5. The average molecular weight is 292 g/mol. The highest BCUT2D eigenvalue weighted by Gasteiger charge is 2.11. The predicted molar refractivity (Wildman–Crippen MR) is 86.5 cm³/mol. The van der Waals surface area contributed by atoms with Crippen LogP contribution in [0.4, 0.5) is 5.82 Å². The van der Waals surface area contributed by atoms with Crippen molar-refractivity contribution in [3.63, 3.8) is 0 Å². The lowest BCUT2D eigenvalue weighted by Gasteiger charge is -2.13. The van der Waals surface area contributed by atoms with Crippen LogP contribution < -0.4 is 10.6 Å². The van der Waals surface area contributed by atoms with Crippen LogP contribution in [0, 0.1) is 0 Å². The Morgan fingerprint density at radius 2 is 1.95 bits per heavy atom. The molecule has 0 spiro atoms. The minimum Gasteiger partial charge on any atom is -0.369 e. The van der Waals surface area contributed by atoms with E-state index in [1.165, 1.54) is 25.5 Å². The summed E-state index contributed by atoms with van der Waals surface area (Å²) in [7, 11) is 0. The van der Waals surface area contributed by atoms with E-state index in [9.17, 15) is 4.79 Å². The Labute approximate surface area is 128 Å². The lowest BCUT2D eigenvalue weighted by atomic mass is 10.1. The molecule has 1 rings (SSSR count).